The summed E-state index contributed by atoms with van der Waals surface area (Å²) in [6, 6.07) is 5.71. The van der Waals surface area contributed by atoms with E-state index in [2.05, 4.69) is 20.2 Å². The molecular formula is C17H27IN4O2. The highest BCUT2D eigenvalue weighted by Gasteiger charge is 2.29. The number of hydrogen-bond donors (Lipinski definition) is 2. The summed E-state index contributed by atoms with van der Waals surface area (Å²) in [5.74, 6) is 1.92. The van der Waals surface area contributed by atoms with Gasteiger partial charge in [-0.05, 0) is 18.9 Å². The number of aliphatic hydroxyl groups is 1. The van der Waals surface area contributed by atoms with Gasteiger partial charge < -0.3 is 20.1 Å². The average Bonchev–Trinajstić information content (AvgIpc) is 3.19. The molecule has 7 heteroatoms. The molecule has 3 unspecified atom stereocenters. The Kier molecular flexibility index (Phi) is 7.54. The minimum absolute atomic E-state index is 0. The standard InChI is InChI=1S/C17H26N4O2.HI/c1-18-17(20-11-13-5-4-6-15(13)22)21-10-8-14(12-21)23-16-7-2-3-9-19-16;/h2-3,7,9,13-15,22H,4-6,8,10-12H2,1H3,(H,18,20);1H. The van der Waals surface area contributed by atoms with Crippen LogP contribution >= 0.6 is 24.0 Å². The number of aromatic nitrogens is 1. The Morgan fingerprint density at radius 3 is 2.96 bits per heavy atom. The van der Waals surface area contributed by atoms with E-state index in [0.29, 0.717) is 11.8 Å². The molecule has 0 aromatic carbocycles. The summed E-state index contributed by atoms with van der Waals surface area (Å²) in [4.78, 5) is 10.8. The number of nitrogens with zero attached hydrogens (tertiary/aromatic N) is 3. The molecule has 1 saturated carbocycles. The van der Waals surface area contributed by atoms with E-state index in [1.165, 1.54) is 0 Å². The predicted molar refractivity (Wildman–Crippen MR) is 105 cm³/mol. The molecule has 3 atom stereocenters. The van der Waals surface area contributed by atoms with Crippen LogP contribution in [0.2, 0.25) is 0 Å². The highest BCUT2D eigenvalue weighted by Crippen LogP contribution is 2.24. The fourth-order valence-electron chi connectivity index (χ4n) is 3.41. The fraction of sp³-hybridized carbons (Fsp3) is 0.647. The number of hydrogen-bond acceptors (Lipinski definition) is 4. The van der Waals surface area contributed by atoms with Crippen molar-refractivity contribution in [3.8, 4) is 5.88 Å². The summed E-state index contributed by atoms with van der Waals surface area (Å²) >= 11 is 0. The molecule has 0 radical (unpaired) electrons. The van der Waals surface area contributed by atoms with Gasteiger partial charge in [0.25, 0.3) is 0 Å². The van der Waals surface area contributed by atoms with Gasteiger partial charge in [-0.15, -0.1) is 24.0 Å². The van der Waals surface area contributed by atoms with Gasteiger partial charge in [0.05, 0.1) is 12.6 Å². The van der Waals surface area contributed by atoms with Gasteiger partial charge in [0.2, 0.25) is 5.88 Å². The SMILES string of the molecule is CN=C(NCC1CCCC1O)N1CCC(Oc2ccccn2)C1.I. The molecule has 1 aliphatic carbocycles. The van der Waals surface area contributed by atoms with Crippen LogP contribution in [-0.2, 0) is 0 Å². The maximum absolute atomic E-state index is 9.93. The quantitative estimate of drug-likeness (QED) is 0.420. The molecule has 2 fully saturated rings. The third-order valence-electron chi connectivity index (χ3n) is 4.72. The van der Waals surface area contributed by atoms with Gasteiger partial charge in [0.1, 0.15) is 6.10 Å². The van der Waals surface area contributed by atoms with Crippen molar-refractivity contribution in [2.24, 2.45) is 10.9 Å². The minimum atomic E-state index is -0.167. The van der Waals surface area contributed by atoms with Crippen LogP contribution in [0, 0.1) is 5.92 Å². The van der Waals surface area contributed by atoms with Crippen LogP contribution < -0.4 is 10.1 Å². The second-order valence-corrected chi connectivity index (χ2v) is 6.33. The predicted octanol–water partition coefficient (Wildman–Crippen LogP) is 1.89. The summed E-state index contributed by atoms with van der Waals surface area (Å²) in [5.41, 5.74) is 0. The van der Waals surface area contributed by atoms with Gasteiger partial charge in [-0.2, -0.15) is 0 Å². The number of likely N-dealkylation sites (tertiary alicyclic amines) is 1. The maximum atomic E-state index is 9.93. The third kappa shape index (κ3) is 4.95. The zero-order chi connectivity index (χ0) is 16.1. The van der Waals surface area contributed by atoms with E-state index in [0.717, 1.165) is 51.3 Å². The fourth-order valence-corrected chi connectivity index (χ4v) is 3.41. The van der Waals surface area contributed by atoms with E-state index < -0.39 is 0 Å². The van der Waals surface area contributed by atoms with E-state index in [1.807, 2.05) is 18.2 Å². The molecule has 134 valence electrons. The van der Waals surface area contributed by atoms with Crippen molar-refractivity contribution in [3.05, 3.63) is 24.4 Å². The largest absolute Gasteiger partial charge is 0.472 e. The number of aliphatic imine (C=N–C) groups is 1. The van der Waals surface area contributed by atoms with E-state index in [9.17, 15) is 5.11 Å². The van der Waals surface area contributed by atoms with Gasteiger partial charge in [0.15, 0.2) is 5.96 Å². The maximum Gasteiger partial charge on any atom is 0.213 e. The second-order valence-electron chi connectivity index (χ2n) is 6.33. The lowest BCUT2D eigenvalue weighted by Gasteiger charge is -2.24. The van der Waals surface area contributed by atoms with Crippen LogP contribution in [0.3, 0.4) is 0 Å². The lowest BCUT2D eigenvalue weighted by Crippen LogP contribution is -2.43. The number of halogens is 1. The van der Waals surface area contributed by atoms with Crippen molar-refractivity contribution >= 4 is 29.9 Å². The molecule has 0 spiro atoms. The molecule has 0 bridgehead atoms. The van der Waals surface area contributed by atoms with Crippen LogP contribution in [0.1, 0.15) is 25.7 Å². The molecule has 2 heterocycles. The number of aliphatic hydroxyl groups excluding tert-OH is 1. The summed E-state index contributed by atoms with van der Waals surface area (Å²) in [7, 11) is 1.81. The van der Waals surface area contributed by atoms with Gasteiger partial charge in [0, 0.05) is 44.7 Å². The molecule has 1 aliphatic heterocycles. The lowest BCUT2D eigenvalue weighted by molar-refractivity contribution is 0.133. The molecule has 24 heavy (non-hydrogen) atoms. The van der Waals surface area contributed by atoms with Gasteiger partial charge in [-0.25, -0.2) is 4.98 Å². The Labute approximate surface area is 160 Å². The van der Waals surface area contributed by atoms with Crippen LogP contribution in [0.25, 0.3) is 0 Å². The Balaban J connectivity index is 0.00000208. The van der Waals surface area contributed by atoms with Crippen molar-refractivity contribution in [2.45, 2.75) is 37.9 Å². The normalized spacial score (nSPS) is 27.0. The molecule has 0 amide bonds. The molecule has 2 aliphatic rings. The summed E-state index contributed by atoms with van der Waals surface area (Å²) < 4.78 is 5.92. The zero-order valence-electron chi connectivity index (χ0n) is 14.1. The van der Waals surface area contributed by atoms with Crippen molar-refractivity contribution in [1.29, 1.82) is 0 Å². The number of nitrogens with one attached hydrogen (secondary N) is 1. The number of guanidine groups is 1. The Morgan fingerprint density at radius 2 is 2.29 bits per heavy atom. The van der Waals surface area contributed by atoms with Crippen molar-refractivity contribution in [2.75, 3.05) is 26.7 Å². The Hall–Kier alpha value is -1.09. The van der Waals surface area contributed by atoms with Crippen LogP contribution in [0.15, 0.2) is 29.4 Å². The van der Waals surface area contributed by atoms with E-state index >= 15 is 0 Å². The molecule has 3 rings (SSSR count). The summed E-state index contributed by atoms with van der Waals surface area (Å²) in [5, 5.41) is 13.3. The first-order valence-electron chi connectivity index (χ1n) is 8.47. The highest BCUT2D eigenvalue weighted by molar-refractivity contribution is 14.0. The van der Waals surface area contributed by atoms with E-state index in [4.69, 9.17) is 4.74 Å². The molecule has 2 N–H and O–H groups in total. The topological polar surface area (TPSA) is 70.0 Å². The summed E-state index contributed by atoms with van der Waals surface area (Å²) in [6.45, 7) is 2.52. The number of ether oxygens (including phenoxy) is 1. The average molecular weight is 446 g/mol. The van der Waals surface area contributed by atoms with Gasteiger partial charge in [-0.1, -0.05) is 12.5 Å². The minimum Gasteiger partial charge on any atom is -0.472 e. The smallest absolute Gasteiger partial charge is 0.213 e. The molecule has 6 nitrogen and oxygen atoms in total. The number of pyridine rings is 1. The Bertz CT molecular complexity index is 529. The molecule has 1 aromatic heterocycles. The van der Waals surface area contributed by atoms with Crippen LogP contribution in [-0.4, -0.2) is 59.8 Å². The van der Waals surface area contributed by atoms with Crippen molar-refractivity contribution in [1.82, 2.24) is 15.2 Å². The van der Waals surface area contributed by atoms with E-state index in [-0.39, 0.29) is 36.2 Å². The molecule has 1 aromatic rings. The first-order chi connectivity index (χ1) is 11.3. The van der Waals surface area contributed by atoms with E-state index in [1.54, 1.807) is 13.2 Å². The third-order valence-corrected chi connectivity index (χ3v) is 4.72. The summed E-state index contributed by atoms with van der Waals surface area (Å²) in [6.07, 6.45) is 5.82. The first-order valence-corrected chi connectivity index (χ1v) is 8.47. The highest BCUT2D eigenvalue weighted by atomic mass is 127. The number of rotatable bonds is 4. The van der Waals surface area contributed by atoms with Gasteiger partial charge >= 0.3 is 0 Å². The molecular weight excluding hydrogens is 419 g/mol. The Morgan fingerprint density at radius 1 is 1.42 bits per heavy atom. The first kappa shape index (κ1) is 19.2. The van der Waals surface area contributed by atoms with Crippen molar-refractivity contribution in [3.63, 3.8) is 0 Å². The van der Waals surface area contributed by atoms with Gasteiger partial charge in [-0.3, -0.25) is 4.99 Å². The zero-order valence-corrected chi connectivity index (χ0v) is 16.4. The van der Waals surface area contributed by atoms with Crippen LogP contribution in [0.5, 0.6) is 5.88 Å². The van der Waals surface area contributed by atoms with Crippen molar-refractivity contribution < 1.29 is 9.84 Å². The lowest BCUT2D eigenvalue weighted by atomic mass is 10.1. The second kappa shape index (κ2) is 9.41. The van der Waals surface area contributed by atoms with Crippen LogP contribution in [0.4, 0.5) is 0 Å². The monoisotopic (exact) mass is 446 g/mol. The molecule has 1 saturated heterocycles.